The molecule has 0 aliphatic rings. The van der Waals surface area contributed by atoms with Gasteiger partial charge in [-0.05, 0) is 24.5 Å². The number of hydrogen-bond donors (Lipinski definition) is 2. The van der Waals surface area contributed by atoms with E-state index in [2.05, 4.69) is 0 Å². The Kier molecular flexibility index (Phi) is 6.41. The first-order valence-electron chi connectivity index (χ1n) is 5.24. The summed E-state index contributed by atoms with van der Waals surface area (Å²) in [4.78, 5) is 0. The molecular weight excluding hydrogens is 264 g/mol. The van der Waals surface area contributed by atoms with Crippen molar-refractivity contribution in [1.29, 1.82) is 0 Å². The summed E-state index contributed by atoms with van der Waals surface area (Å²) in [6.07, 6.45) is -0.811. The minimum atomic E-state index is -0.811. The van der Waals surface area contributed by atoms with Gasteiger partial charge in [0.1, 0.15) is 5.82 Å². The molecule has 0 aliphatic carbocycles. The van der Waals surface area contributed by atoms with E-state index >= 15 is 0 Å². The number of nitrogens with two attached hydrogens (primary N) is 1. The van der Waals surface area contributed by atoms with Crippen molar-refractivity contribution in [1.82, 2.24) is 0 Å². The summed E-state index contributed by atoms with van der Waals surface area (Å²) in [7, 11) is 0. The largest absolute Gasteiger partial charge is 0.391 e. The second kappa shape index (κ2) is 6.55. The standard InChI is InChI=1S/C12H17ClFNO.ClH/c1-6(2)12(16)11(15)9-8(14)5-4-7(3)10(9)13;/h4-6,11-12,16H,15H2,1-3H3;1H/t11-,12+;/m0./s1. The molecule has 0 aromatic heterocycles. The molecule has 5 heteroatoms. The Morgan fingerprint density at radius 3 is 2.35 bits per heavy atom. The summed E-state index contributed by atoms with van der Waals surface area (Å²) in [6, 6.07) is 2.12. The van der Waals surface area contributed by atoms with Crippen molar-refractivity contribution >= 4 is 24.0 Å². The van der Waals surface area contributed by atoms with E-state index in [0.29, 0.717) is 5.02 Å². The van der Waals surface area contributed by atoms with Gasteiger partial charge in [-0.3, -0.25) is 0 Å². The second-order valence-electron chi connectivity index (χ2n) is 4.35. The summed E-state index contributed by atoms with van der Waals surface area (Å²) in [5, 5.41) is 10.1. The third-order valence-electron chi connectivity index (χ3n) is 2.70. The fourth-order valence-electron chi connectivity index (χ4n) is 1.57. The smallest absolute Gasteiger partial charge is 0.129 e. The van der Waals surface area contributed by atoms with Crippen molar-refractivity contribution < 1.29 is 9.50 Å². The predicted octanol–water partition coefficient (Wildman–Crippen LogP) is 3.23. The first-order valence-corrected chi connectivity index (χ1v) is 5.62. The molecule has 1 aromatic rings. The van der Waals surface area contributed by atoms with E-state index in [-0.39, 0.29) is 23.9 Å². The van der Waals surface area contributed by atoms with Crippen LogP contribution >= 0.6 is 24.0 Å². The third kappa shape index (κ3) is 3.55. The number of halogens is 3. The highest BCUT2D eigenvalue weighted by Gasteiger charge is 2.25. The maximum Gasteiger partial charge on any atom is 0.129 e. The van der Waals surface area contributed by atoms with Gasteiger partial charge in [-0.1, -0.05) is 31.5 Å². The van der Waals surface area contributed by atoms with E-state index in [0.717, 1.165) is 5.56 Å². The normalized spacial score (nSPS) is 14.4. The number of aliphatic hydroxyl groups excluding tert-OH is 1. The van der Waals surface area contributed by atoms with Gasteiger partial charge >= 0.3 is 0 Å². The first kappa shape index (κ1) is 16.6. The summed E-state index contributed by atoms with van der Waals surface area (Å²) in [6.45, 7) is 5.43. The third-order valence-corrected chi connectivity index (χ3v) is 3.21. The number of rotatable bonds is 3. The molecule has 3 N–H and O–H groups in total. The Morgan fingerprint density at radius 1 is 1.35 bits per heavy atom. The van der Waals surface area contributed by atoms with Crippen LogP contribution in [0.25, 0.3) is 0 Å². The van der Waals surface area contributed by atoms with Crippen LogP contribution in [0.4, 0.5) is 4.39 Å². The van der Waals surface area contributed by atoms with Gasteiger partial charge in [0.05, 0.1) is 17.2 Å². The summed E-state index contributed by atoms with van der Waals surface area (Å²) in [5.41, 5.74) is 6.79. The van der Waals surface area contributed by atoms with Crippen LogP contribution in [0.15, 0.2) is 12.1 Å². The Bertz CT molecular complexity index is 385. The van der Waals surface area contributed by atoms with E-state index in [1.54, 1.807) is 13.0 Å². The first-order chi connectivity index (χ1) is 7.36. The van der Waals surface area contributed by atoms with E-state index < -0.39 is 18.0 Å². The summed E-state index contributed by atoms with van der Waals surface area (Å²) in [5.74, 6) is -0.520. The number of hydrogen-bond acceptors (Lipinski definition) is 2. The molecule has 0 spiro atoms. The molecule has 0 saturated carbocycles. The zero-order valence-electron chi connectivity index (χ0n) is 10.1. The molecule has 2 nitrogen and oxygen atoms in total. The average Bonchev–Trinajstić information content (AvgIpc) is 2.22. The van der Waals surface area contributed by atoms with Gasteiger partial charge in [0, 0.05) is 5.56 Å². The Balaban J connectivity index is 0.00000256. The van der Waals surface area contributed by atoms with E-state index in [1.165, 1.54) is 6.07 Å². The summed E-state index contributed by atoms with van der Waals surface area (Å²) < 4.78 is 13.6. The molecule has 0 heterocycles. The van der Waals surface area contributed by atoms with Crippen molar-refractivity contribution in [2.24, 2.45) is 11.7 Å². The second-order valence-corrected chi connectivity index (χ2v) is 4.73. The Morgan fingerprint density at radius 2 is 1.88 bits per heavy atom. The van der Waals surface area contributed by atoms with Crippen LogP contribution in [0.2, 0.25) is 5.02 Å². The van der Waals surface area contributed by atoms with Gasteiger partial charge in [0.25, 0.3) is 0 Å². The maximum atomic E-state index is 13.6. The van der Waals surface area contributed by atoms with Crippen LogP contribution in [0.1, 0.15) is 31.0 Å². The van der Waals surface area contributed by atoms with Gasteiger partial charge < -0.3 is 10.8 Å². The quantitative estimate of drug-likeness (QED) is 0.894. The van der Waals surface area contributed by atoms with Gasteiger partial charge in [-0.15, -0.1) is 12.4 Å². The maximum absolute atomic E-state index is 13.6. The SMILES string of the molecule is Cc1ccc(F)c([C@H](N)[C@H](O)C(C)C)c1Cl.Cl. The molecule has 98 valence electrons. The molecule has 1 rings (SSSR count). The zero-order valence-corrected chi connectivity index (χ0v) is 11.6. The molecule has 0 aliphatic heterocycles. The molecule has 0 fully saturated rings. The topological polar surface area (TPSA) is 46.2 Å². The minimum Gasteiger partial charge on any atom is -0.391 e. The van der Waals surface area contributed by atoms with Gasteiger partial charge in [-0.25, -0.2) is 4.39 Å². The Hall–Kier alpha value is -0.350. The van der Waals surface area contributed by atoms with Crippen molar-refractivity contribution in [3.05, 3.63) is 34.1 Å². The number of aryl methyl sites for hydroxylation is 1. The molecule has 0 radical (unpaired) electrons. The molecule has 1 aromatic carbocycles. The lowest BCUT2D eigenvalue weighted by Crippen LogP contribution is -2.31. The molecule has 2 atom stereocenters. The highest BCUT2D eigenvalue weighted by atomic mass is 35.5. The van der Waals surface area contributed by atoms with Crippen LogP contribution in [0.5, 0.6) is 0 Å². The molecule has 0 amide bonds. The van der Waals surface area contributed by atoms with E-state index in [1.807, 2.05) is 13.8 Å². The van der Waals surface area contributed by atoms with E-state index in [9.17, 15) is 9.50 Å². The molecule has 17 heavy (non-hydrogen) atoms. The van der Waals surface area contributed by atoms with Crippen molar-refractivity contribution in [3.8, 4) is 0 Å². The fourth-order valence-corrected chi connectivity index (χ4v) is 1.85. The monoisotopic (exact) mass is 281 g/mol. The summed E-state index contributed by atoms with van der Waals surface area (Å²) >= 11 is 6.01. The fraction of sp³-hybridized carbons (Fsp3) is 0.500. The highest BCUT2D eigenvalue weighted by Crippen LogP contribution is 2.31. The van der Waals surface area contributed by atoms with Gasteiger partial charge in [-0.2, -0.15) is 0 Å². The minimum absolute atomic E-state index is 0. The molecule has 0 saturated heterocycles. The van der Waals surface area contributed by atoms with Crippen molar-refractivity contribution in [3.63, 3.8) is 0 Å². The number of aliphatic hydroxyl groups is 1. The average molecular weight is 282 g/mol. The van der Waals surface area contributed by atoms with Gasteiger partial charge in [0.2, 0.25) is 0 Å². The zero-order chi connectivity index (χ0) is 12.5. The lowest BCUT2D eigenvalue weighted by atomic mass is 9.93. The highest BCUT2D eigenvalue weighted by molar-refractivity contribution is 6.32. The van der Waals surface area contributed by atoms with E-state index in [4.69, 9.17) is 17.3 Å². The Labute approximate surface area is 112 Å². The van der Waals surface area contributed by atoms with Crippen LogP contribution in [0, 0.1) is 18.7 Å². The lowest BCUT2D eigenvalue weighted by molar-refractivity contribution is 0.0966. The van der Waals surface area contributed by atoms with Crippen molar-refractivity contribution in [2.45, 2.75) is 32.9 Å². The lowest BCUT2D eigenvalue weighted by Gasteiger charge is -2.24. The molecular formula is C12H18Cl2FNO. The van der Waals surface area contributed by atoms with Crippen LogP contribution < -0.4 is 5.73 Å². The number of benzene rings is 1. The van der Waals surface area contributed by atoms with Crippen molar-refractivity contribution in [2.75, 3.05) is 0 Å². The van der Waals surface area contributed by atoms with Gasteiger partial charge in [0.15, 0.2) is 0 Å². The van der Waals surface area contributed by atoms with Crippen LogP contribution in [-0.2, 0) is 0 Å². The molecule has 0 bridgehead atoms. The van der Waals surface area contributed by atoms with Crippen LogP contribution in [-0.4, -0.2) is 11.2 Å². The predicted molar refractivity (Wildman–Crippen MR) is 71.2 cm³/mol. The van der Waals surface area contributed by atoms with Crippen LogP contribution in [0.3, 0.4) is 0 Å². The molecule has 0 unspecified atom stereocenters.